The maximum atomic E-state index is 5.47. The predicted molar refractivity (Wildman–Crippen MR) is 58.6 cm³/mol. The lowest BCUT2D eigenvalue weighted by Gasteiger charge is -2.17. The van der Waals surface area contributed by atoms with E-state index in [1.54, 1.807) is 0 Å². The van der Waals surface area contributed by atoms with Crippen LogP contribution in [0.5, 0.6) is 0 Å². The molecule has 0 saturated heterocycles. The van der Waals surface area contributed by atoms with E-state index in [0.717, 1.165) is 22.5 Å². The molecule has 3 nitrogen and oxygen atoms in total. The average Bonchev–Trinajstić information content (AvgIpc) is 2.02. The van der Waals surface area contributed by atoms with E-state index in [-0.39, 0.29) is 6.04 Å². The number of aromatic nitrogens is 1. The number of rotatable bonds is 3. The molecule has 0 radical (unpaired) electrons. The van der Waals surface area contributed by atoms with Crippen molar-refractivity contribution in [2.24, 2.45) is 5.84 Å². The number of nitrogens with zero attached hydrogens (tertiary/aromatic N) is 1. The second-order valence-electron chi connectivity index (χ2n) is 3.63. The first-order valence-electron chi connectivity index (χ1n) is 4.61. The van der Waals surface area contributed by atoms with Crippen LogP contribution in [-0.2, 0) is 0 Å². The summed E-state index contributed by atoms with van der Waals surface area (Å²) in [6, 6.07) is 4.05. The molecule has 76 valence electrons. The van der Waals surface area contributed by atoms with Gasteiger partial charge in [0.05, 0.1) is 6.04 Å². The Morgan fingerprint density at radius 2 is 1.93 bits per heavy atom. The fourth-order valence-electron chi connectivity index (χ4n) is 1.56. The largest absolute Gasteiger partial charge is 0.271 e. The van der Waals surface area contributed by atoms with Gasteiger partial charge in [0.15, 0.2) is 0 Å². The molecule has 0 aliphatic rings. The zero-order valence-corrected chi connectivity index (χ0v) is 8.96. The lowest BCUT2D eigenvalue weighted by Crippen LogP contribution is -2.28. The van der Waals surface area contributed by atoms with Crippen molar-refractivity contribution in [3.05, 3.63) is 41.2 Å². The Labute approximate surface area is 85.0 Å². The standard InChI is InChI=1S/C11H17N3/c1-7(2)11(14-12)10-5-8(3)13-9(4)6-10/h5-6,11,14H,1,12H2,2-4H3. The predicted octanol–water partition coefficient (Wildman–Crippen LogP) is 1.78. The molecule has 1 unspecified atom stereocenters. The lowest BCUT2D eigenvalue weighted by molar-refractivity contribution is 0.625. The van der Waals surface area contributed by atoms with Gasteiger partial charge in [-0.15, -0.1) is 0 Å². The molecule has 0 aromatic carbocycles. The van der Waals surface area contributed by atoms with Crippen molar-refractivity contribution in [1.29, 1.82) is 0 Å². The van der Waals surface area contributed by atoms with E-state index in [0.29, 0.717) is 0 Å². The van der Waals surface area contributed by atoms with Crippen LogP contribution in [0.4, 0.5) is 0 Å². The molecule has 14 heavy (non-hydrogen) atoms. The normalized spacial score (nSPS) is 12.6. The third kappa shape index (κ3) is 2.40. The molecule has 0 spiro atoms. The van der Waals surface area contributed by atoms with Gasteiger partial charge in [-0.1, -0.05) is 12.2 Å². The van der Waals surface area contributed by atoms with E-state index in [9.17, 15) is 0 Å². The molecule has 0 saturated carbocycles. The van der Waals surface area contributed by atoms with Gasteiger partial charge in [-0.25, -0.2) is 5.43 Å². The van der Waals surface area contributed by atoms with E-state index < -0.39 is 0 Å². The molecule has 0 aliphatic heterocycles. The highest BCUT2D eigenvalue weighted by Crippen LogP contribution is 2.20. The Hall–Kier alpha value is -1.19. The maximum Gasteiger partial charge on any atom is 0.0666 e. The van der Waals surface area contributed by atoms with Crippen molar-refractivity contribution < 1.29 is 0 Å². The Morgan fingerprint density at radius 3 is 2.29 bits per heavy atom. The maximum absolute atomic E-state index is 5.47. The first-order chi connectivity index (χ1) is 6.54. The number of hydrazine groups is 1. The van der Waals surface area contributed by atoms with Gasteiger partial charge < -0.3 is 0 Å². The van der Waals surface area contributed by atoms with Gasteiger partial charge in [0.2, 0.25) is 0 Å². The summed E-state index contributed by atoms with van der Waals surface area (Å²) in [6.07, 6.45) is 0. The Morgan fingerprint density at radius 1 is 1.43 bits per heavy atom. The Kier molecular flexibility index (Phi) is 3.38. The van der Waals surface area contributed by atoms with Gasteiger partial charge in [-0.3, -0.25) is 10.8 Å². The highest BCUT2D eigenvalue weighted by Gasteiger charge is 2.10. The molecule has 3 heteroatoms. The monoisotopic (exact) mass is 191 g/mol. The zero-order valence-electron chi connectivity index (χ0n) is 8.96. The van der Waals surface area contributed by atoms with Gasteiger partial charge in [0.25, 0.3) is 0 Å². The molecular formula is C11H17N3. The number of hydrogen-bond donors (Lipinski definition) is 2. The van der Waals surface area contributed by atoms with E-state index in [1.807, 2.05) is 32.9 Å². The van der Waals surface area contributed by atoms with Gasteiger partial charge in [0, 0.05) is 11.4 Å². The van der Waals surface area contributed by atoms with Crippen LogP contribution in [0.2, 0.25) is 0 Å². The molecule has 3 N–H and O–H groups in total. The van der Waals surface area contributed by atoms with E-state index >= 15 is 0 Å². The number of pyridine rings is 1. The fraction of sp³-hybridized carbons (Fsp3) is 0.364. The van der Waals surface area contributed by atoms with Gasteiger partial charge in [-0.05, 0) is 38.5 Å². The van der Waals surface area contributed by atoms with Crippen molar-refractivity contribution >= 4 is 0 Å². The molecule has 0 bridgehead atoms. The van der Waals surface area contributed by atoms with Crippen LogP contribution in [0, 0.1) is 13.8 Å². The van der Waals surface area contributed by atoms with Crippen molar-refractivity contribution in [2.75, 3.05) is 0 Å². The summed E-state index contributed by atoms with van der Waals surface area (Å²) in [5, 5.41) is 0. The van der Waals surface area contributed by atoms with Crippen LogP contribution >= 0.6 is 0 Å². The van der Waals surface area contributed by atoms with Crippen LogP contribution in [0.1, 0.15) is 29.9 Å². The van der Waals surface area contributed by atoms with Gasteiger partial charge in [-0.2, -0.15) is 0 Å². The molecule has 1 heterocycles. The van der Waals surface area contributed by atoms with Crippen molar-refractivity contribution in [3.63, 3.8) is 0 Å². The van der Waals surface area contributed by atoms with Crippen molar-refractivity contribution in [3.8, 4) is 0 Å². The molecule has 1 atom stereocenters. The van der Waals surface area contributed by atoms with E-state index in [4.69, 9.17) is 5.84 Å². The summed E-state index contributed by atoms with van der Waals surface area (Å²) in [5.74, 6) is 5.47. The van der Waals surface area contributed by atoms with Crippen LogP contribution in [-0.4, -0.2) is 4.98 Å². The minimum atomic E-state index is 0.00963. The van der Waals surface area contributed by atoms with Crippen LogP contribution in [0.25, 0.3) is 0 Å². The summed E-state index contributed by atoms with van der Waals surface area (Å²) in [4.78, 5) is 4.31. The molecule has 0 amide bonds. The second kappa shape index (κ2) is 4.35. The summed E-state index contributed by atoms with van der Waals surface area (Å²) < 4.78 is 0. The number of hydrogen-bond acceptors (Lipinski definition) is 3. The highest BCUT2D eigenvalue weighted by atomic mass is 15.2. The third-order valence-corrected chi connectivity index (χ3v) is 2.10. The minimum Gasteiger partial charge on any atom is -0.271 e. The first-order valence-corrected chi connectivity index (χ1v) is 4.61. The van der Waals surface area contributed by atoms with E-state index in [2.05, 4.69) is 17.0 Å². The van der Waals surface area contributed by atoms with Crippen molar-refractivity contribution in [2.45, 2.75) is 26.8 Å². The second-order valence-corrected chi connectivity index (χ2v) is 3.63. The first kappa shape index (κ1) is 10.9. The number of nitrogens with one attached hydrogen (secondary N) is 1. The van der Waals surface area contributed by atoms with Crippen LogP contribution in [0.3, 0.4) is 0 Å². The molecule has 1 aromatic heterocycles. The average molecular weight is 191 g/mol. The molecule has 0 fully saturated rings. The third-order valence-electron chi connectivity index (χ3n) is 2.10. The molecule has 1 aromatic rings. The smallest absolute Gasteiger partial charge is 0.0666 e. The van der Waals surface area contributed by atoms with Crippen LogP contribution < -0.4 is 11.3 Å². The number of aryl methyl sites for hydroxylation is 2. The molecular weight excluding hydrogens is 174 g/mol. The zero-order chi connectivity index (χ0) is 10.7. The quantitative estimate of drug-likeness (QED) is 0.435. The highest BCUT2D eigenvalue weighted by molar-refractivity contribution is 5.28. The van der Waals surface area contributed by atoms with Crippen LogP contribution in [0.15, 0.2) is 24.3 Å². The minimum absolute atomic E-state index is 0.00963. The SMILES string of the molecule is C=C(C)C(NN)c1cc(C)nc(C)c1. The Bertz CT molecular complexity index is 324. The summed E-state index contributed by atoms with van der Waals surface area (Å²) in [5.41, 5.74) is 6.86. The molecule has 1 rings (SSSR count). The topological polar surface area (TPSA) is 50.9 Å². The van der Waals surface area contributed by atoms with E-state index in [1.165, 1.54) is 0 Å². The summed E-state index contributed by atoms with van der Waals surface area (Å²) in [6.45, 7) is 9.80. The number of nitrogens with two attached hydrogens (primary N) is 1. The van der Waals surface area contributed by atoms with Gasteiger partial charge in [0.1, 0.15) is 0 Å². The Balaban J connectivity index is 3.10. The summed E-state index contributed by atoms with van der Waals surface area (Å²) in [7, 11) is 0. The van der Waals surface area contributed by atoms with Crippen molar-refractivity contribution in [1.82, 2.24) is 10.4 Å². The van der Waals surface area contributed by atoms with Gasteiger partial charge >= 0.3 is 0 Å². The fourth-order valence-corrected chi connectivity index (χ4v) is 1.56. The summed E-state index contributed by atoms with van der Waals surface area (Å²) >= 11 is 0. The molecule has 0 aliphatic carbocycles. The lowest BCUT2D eigenvalue weighted by atomic mass is 10.0.